The van der Waals surface area contributed by atoms with Crippen molar-refractivity contribution in [2.45, 2.75) is 26.5 Å². The minimum absolute atomic E-state index is 0.0826. The largest absolute Gasteiger partial charge is 0.247 e. The molecule has 4 aromatic rings. The SMILES string of the molecule is Fc1ccc(SC(CC(=Nc2ccccc2)SCc2cccs2)Sc2ccc(F)cc2)cc1. The summed E-state index contributed by atoms with van der Waals surface area (Å²) < 4.78 is 26.9. The first-order valence-corrected chi connectivity index (χ1v) is 13.9. The molecule has 1 nitrogen and oxygen atoms in total. The van der Waals surface area contributed by atoms with E-state index in [9.17, 15) is 8.78 Å². The lowest BCUT2D eigenvalue weighted by atomic mass is 10.3. The highest BCUT2D eigenvalue weighted by Gasteiger charge is 2.17. The highest BCUT2D eigenvalue weighted by atomic mass is 32.2. The Kier molecular flexibility index (Phi) is 9.06. The van der Waals surface area contributed by atoms with E-state index >= 15 is 0 Å². The van der Waals surface area contributed by atoms with Gasteiger partial charge in [0.25, 0.3) is 0 Å². The molecule has 0 aliphatic carbocycles. The van der Waals surface area contributed by atoms with E-state index in [2.05, 4.69) is 17.5 Å². The average Bonchev–Trinajstić information content (AvgIpc) is 3.35. The van der Waals surface area contributed by atoms with Gasteiger partial charge in [-0.1, -0.05) is 24.3 Å². The van der Waals surface area contributed by atoms with Gasteiger partial charge in [0.15, 0.2) is 0 Å². The molecule has 4 rings (SSSR count). The van der Waals surface area contributed by atoms with Crippen molar-refractivity contribution >= 4 is 57.4 Å². The van der Waals surface area contributed by atoms with Crippen LogP contribution < -0.4 is 0 Å². The zero-order valence-corrected chi connectivity index (χ0v) is 20.8. The van der Waals surface area contributed by atoms with Crippen molar-refractivity contribution in [1.82, 2.24) is 0 Å². The van der Waals surface area contributed by atoms with Gasteiger partial charge < -0.3 is 0 Å². The number of aliphatic imine (C=N–C) groups is 1. The molecule has 0 aliphatic rings. The van der Waals surface area contributed by atoms with E-state index in [0.717, 1.165) is 32.7 Å². The number of thioether (sulfide) groups is 3. The van der Waals surface area contributed by atoms with Gasteiger partial charge in [0.2, 0.25) is 0 Å². The molecule has 168 valence electrons. The molecule has 0 unspecified atom stereocenters. The molecule has 0 saturated carbocycles. The Hall–Kier alpha value is -2.06. The van der Waals surface area contributed by atoms with Gasteiger partial charge in [-0.25, -0.2) is 13.8 Å². The van der Waals surface area contributed by atoms with Crippen molar-refractivity contribution in [1.29, 1.82) is 0 Å². The summed E-state index contributed by atoms with van der Waals surface area (Å²) in [6.45, 7) is 0. The molecule has 7 heteroatoms. The van der Waals surface area contributed by atoms with Gasteiger partial charge in [-0.2, -0.15) is 0 Å². The third kappa shape index (κ3) is 8.03. The molecular weight excluding hydrogens is 493 g/mol. The Balaban J connectivity index is 1.57. The number of para-hydroxylation sites is 1. The van der Waals surface area contributed by atoms with Crippen molar-refractivity contribution in [3.8, 4) is 0 Å². The van der Waals surface area contributed by atoms with Crippen LogP contribution >= 0.6 is 46.6 Å². The van der Waals surface area contributed by atoms with Crippen molar-refractivity contribution in [3.05, 3.63) is 113 Å². The maximum Gasteiger partial charge on any atom is 0.123 e. The molecule has 0 bridgehead atoms. The molecule has 0 fully saturated rings. The molecule has 1 aromatic heterocycles. The number of halogens is 2. The number of nitrogens with zero attached hydrogens (tertiary/aromatic N) is 1. The third-order valence-corrected chi connectivity index (χ3v) is 9.11. The van der Waals surface area contributed by atoms with Crippen LogP contribution in [0.2, 0.25) is 0 Å². The van der Waals surface area contributed by atoms with Crippen molar-refractivity contribution < 1.29 is 8.78 Å². The quantitative estimate of drug-likeness (QED) is 0.0957. The van der Waals surface area contributed by atoms with Crippen LogP contribution in [-0.2, 0) is 5.75 Å². The molecule has 0 atom stereocenters. The smallest absolute Gasteiger partial charge is 0.123 e. The molecule has 0 spiro atoms. The standard InChI is InChI=1S/C26H21F2NS4/c27-19-8-12-22(13-9-19)32-26(33-23-14-10-20(28)11-15-23)17-25(29-21-5-2-1-3-6-21)31-18-24-7-4-16-30-24/h1-16,26H,17-18H2. The van der Waals surface area contributed by atoms with E-state index in [-0.39, 0.29) is 16.2 Å². The van der Waals surface area contributed by atoms with E-state index in [1.165, 1.54) is 29.1 Å². The summed E-state index contributed by atoms with van der Waals surface area (Å²) >= 11 is 6.82. The van der Waals surface area contributed by atoms with Gasteiger partial charge in [0.05, 0.1) is 15.3 Å². The molecule has 0 amide bonds. The normalized spacial score (nSPS) is 11.8. The number of rotatable bonds is 9. The lowest BCUT2D eigenvalue weighted by Gasteiger charge is -2.18. The van der Waals surface area contributed by atoms with E-state index in [0.29, 0.717) is 0 Å². The van der Waals surface area contributed by atoms with Crippen LogP contribution in [0.5, 0.6) is 0 Å². The predicted molar refractivity (Wildman–Crippen MR) is 142 cm³/mol. The van der Waals surface area contributed by atoms with Gasteiger partial charge >= 0.3 is 0 Å². The van der Waals surface area contributed by atoms with Crippen LogP contribution in [0.1, 0.15) is 11.3 Å². The summed E-state index contributed by atoms with van der Waals surface area (Å²) in [6, 6.07) is 27.2. The summed E-state index contributed by atoms with van der Waals surface area (Å²) in [5.74, 6) is 0.359. The summed E-state index contributed by atoms with van der Waals surface area (Å²) in [6.07, 6.45) is 0.717. The minimum Gasteiger partial charge on any atom is -0.247 e. The number of thiophene rings is 1. The molecule has 0 radical (unpaired) electrons. The Bertz CT molecular complexity index is 1100. The molecule has 33 heavy (non-hydrogen) atoms. The van der Waals surface area contributed by atoms with E-state index in [1.54, 1.807) is 70.9 Å². The predicted octanol–water partition coefficient (Wildman–Crippen LogP) is 9.29. The summed E-state index contributed by atoms with van der Waals surface area (Å²) in [4.78, 5) is 8.22. The van der Waals surface area contributed by atoms with Crippen LogP contribution in [-0.4, -0.2) is 9.63 Å². The first kappa shape index (κ1) is 24.1. The lowest BCUT2D eigenvalue weighted by Crippen LogP contribution is -2.05. The molecule has 3 aromatic carbocycles. The first-order valence-electron chi connectivity index (χ1n) is 10.3. The highest BCUT2D eigenvalue weighted by molar-refractivity contribution is 8.17. The number of hydrogen-bond donors (Lipinski definition) is 0. The third-order valence-electron chi connectivity index (χ3n) is 4.47. The summed E-state index contributed by atoms with van der Waals surface area (Å²) in [5, 5.41) is 3.12. The van der Waals surface area contributed by atoms with Crippen LogP contribution in [0.25, 0.3) is 0 Å². The lowest BCUT2D eigenvalue weighted by molar-refractivity contribution is 0.626. The van der Waals surface area contributed by atoms with Crippen molar-refractivity contribution in [3.63, 3.8) is 0 Å². The fourth-order valence-electron chi connectivity index (χ4n) is 2.91. The monoisotopic (exact) mass is 513 g/mol. The second kappa shape index (κ2) is 12.4. The van der Waals surface area contributed by atoms with Crippen LogP contribution in [0.4, 0.5) is 14.5 Å². The first-order chi connectivity index (χ1) is 16.1. The van der Waals surface area contributed by atoms with E-state index < -0.39 is 0 Å². The zero-order chi connectivity index (χ0) is 22.9. The Morgan fingerprint density at radius 2 is 1.36 bits per heavy atom. The molecular formula is C26H21F2NS4. The molecule has 0 aliphatic heterocycles. The number of hydrogen-bond acceptors (Lipinski definition) is 5. The van der Waals surface area contributed by atoms with Gasteiger partial charge in [0, 0.05) is 26.8 Å². The van der Waals surface area contributed by atoms with Crippen LogP contribution in [0, 0.1) is 11.6 Å². The fraction of sp³-hybridized carbons (Fsp3) is 0.115. The average molecular weight is 514 g/mol. The van der Waals surface area contributed by atoms with Gasteiger partial charge in [-0.3, -0.25) is 0 Å². The van der Waals surface area contributed by atoms with Crippen LogP contribution in [0.15, 0.2) is 111 Å². The maximum atomic E-state index is 13.4. The topological polar surface area (TPSA) is 12.4 Å². The highest BCUT2D eigenvalue weighted by Crippen LogP contribution is 2.39. The maximum absolute atomic E-state index is 13.4. The van der Waals surface area contributed by atoms with Crippen molar-refractivity contribution in [2.75, 3.05) is 0 Å². The fourth-order valence-corrected chi connectivity index (χ4v) is 7.46. The second-order valence-electron chi connectivity index (χ2n) is 6.99. The number of benzene rings is 3. The minimum atomic E-state index is -0.250. The summed E-state index contributed by atoms with van der Waals surface area (Å²) in [7, 11) is 0. The Morgan fingerprint density at radius 1 is 0.758 bits per heavy atom. The van der Waals surface area contributed by atoms with Crippen molar-refractivity contribution in [2.24, 2.45) is 4.99 Å². The van der Waals surface area contributed by atoms with E-state index in [1.807, 2.05) is 30.3 Å². The van der Waals surface area contributed by atoms with Gasteiger partial charge in [-0.05, 0) is 72.1 Å². The summed E-state index contributed by atoms with van der Waals surface area (Å²) in [5.41, 5.74) is 0.920. The van der Waals surface area contributed by atoms with Crippen LogP contribution in [0.3, 0.4) is 0 Å². The van der Waals surface area contributed by atoms with Gasteiger partial charge in [0.1, 0.15) is 11.6 Å². The Labute approximate surface area is 209 Å². The van der Waals surface area contributed by atoms with E-state index in [4.69, 9.17) is 4.99 Å². The van der Waals surface area contributed by atoms with Gasteiger partial charge in [-0.15, -0.1) is 46.6 Å². The molecule has 0 N–H and O–H groups in total. The molecule has 1 heterocycles. The second-order valence-corrected chi connectivity index (χ2v) is 11.9. The molecule has 0 saturated heterocycles. The Morgan fingerprint density at radius 3 is 1.91 bits per heavy atom. The zero-order valence-electron chi connectivity index (χ0n) is 17.6.